The van der Waals surface area contributed by atoms with Crippen molar-refractivity contribution in [3.63, 3.8) is 0 Å². The van der Waals surface area contributed by atoms with Gasteiger partial charge in [0.25, 0.3) is 5.91 Å². The number of rotatable bonds is 4. The van der Waals surface area contributed by atoms with Gasteiger partial charge in [0.1, 0.15) is 9.88 Å². The molecule has 2 heterocycles. The molecule has 2 aromatic rings. The van der Waals surface area contributed by atoms with Crippen LogP contribution in [0.25, 0.3) is 0 Å². The minimum absolute atomic E-state index is 0.200. The third kappa shape index (κ3) is 2.97. The lowest BCUT2D eigenvalue weighted by Crippen LogP contribution is -2.22. The summed E-state index contributed by atoms with van der Waals surface area (Å²) in [5.74, 6) is -1.27. The third-order valence-electron chi connectivity index (χ3n) is 2.40. The highest BCUT2D eigenvalue weighted by Gasteiger charge is 2.15. The van der Waals surface area contributed by atoms with E-state index in [1.807, 2.05) is 0 Å². The number of nitrogens with zero attached hydrogens (tertiary/aromatic N) is 3. The van der Waals surface area contributed by atoms with Gasteiger partial charge in [0, 0.05) is 13.2 Å². The number of hydrogen-bond donors (Lipinski definition) is 2. The average Bonchev–Trinajstić information content (AvgIpc) is 2.92. The van der Waals surface area contributed by atoms with Crippen LogP contribution in [0.1, 0.15) is 30.7 Å². The molecule has 2 aromatic heterocycles. The van der Waals surface area contributed by atoms with Crippen LogP contribution < -0.4 is 5.32 Å². The Balaban J connectivity index is 2.01. The van der Waals surface area contributed by atoms with Crippen molar-refractivity contribution in [1.82, 2.24) is 20.1 Å². The van der Waals surface area contributed by atoms with Crippen LogP contribution in [0.3, 0.4) is 0 Å². The molecule has 0 aliphatic heterocycles. The number of carboxylic acids is 1. The SMILES string of the molecule is Cc1nc(CNC(=O)c2cnn(C)c2)sc1C(=O)O. The monoisotopic (exact) mass is 280 g/mol. The molecule has 0 saturated heterocycles. The molecule has 0 spiro atoms. The summed E-state index contributed by atoms with van der Waals surface area (Å²) >= 11 is 1.06. The van der Waals surface area contributed by atoms with E-state index < -0.39 is 5.97 Å². The van der Waals surface area contributed by atoms with Gasteiger partial charge in [-0.1, -0.05) is 0 Å². The number of amides is 1. The van der Waals surface area contributed by atoms with Crippen molar-refractivity contribution in [2.45, 2.75) is 13.5 Å². The molecule has 2 N–H and O–H groups in total. The standard InChI is InChI=1S/C11H12N4O3S/c1-6-9(11(17)18)19-8(14-6)4-12-10(16)7-3-13-15(2)5-7/h3,5H,4H2,1-2H3,(H,12,16)(H,17,18). The minimum atomic E-state index is -1.00. The predicted octanol–water partition coefficient (Wildman–Crippen LogP) is 0.813. The fourth-order valence-corrected chi connectivity index (χ4v) is 2.37. The fourth-order valence-electron chi connectivity index (χ4n) is 1.52. The third-order valence-corrected chi connectivity index (χ3v) is 3.55. The summed E-state index contributed by atoms with van der Waals surface area (Å²) in [5, 5.41) is 16.0. The summed E-state index contributed by atoms with van der Waals surface area (Å²) in [7, 11) is 1.72. The first-order valence-corrected chi connectivity index (χ1v) is 6.25. The molecule has 19 heavy (non-hydrogen) atoms. The molecule has 1 amide bonds. The number of carbonyl (C=O) groups excluding carboxylic acids is 1. The molecule has 0 atom stereocenters. The van der Waals surface area contributed by atoms with Crippen LogP contribution in [-0.2, 0) is 13.6 Å². The van der Waals surface area contributed by atoms with Crippen molar-refractivity contribution in [2.75, 3.05) is 0 Å². The Kier molecular flexibility index (Phi) is 3.61. The first-order chi connectivity index (χ1) is 8.97. The van der Waals surface area contributed by atoms with Gasteiger partial charge in [-0.3, -0.25) is 9.48 Å². The Morgan fingerprint density at radius 3 is 2.79 bits per heavy atom. The minimum Gasteiger partial charge on any atom is -0.477 e. The quantitative estimate of drug-likeness (QED) is 0.864. The van der Waals surface area contributed by atoms with Crippen molar-refractivity contribution in [1.29, 1.82) is 0 Å². The second-order valence-corrected chi connectivity index (χ2v) is 5.00. The van der Waals surface area contributed by atoms with Crippen LogP contribution in [0, 0.1) is 6.92 Å². The van der Waals surface area contributed by atoms with E-state index in [1.165, 1.54) is 10.9 Å². The van der Waals surface area contributed by atoms with Crippen LogP contribution >= 0.6 is 11.3 Å². The Morgan fingerprint density at radius 2 is 2.26 bits per heavy atom. The van der Waals surface area contributed by atoms with Gasteiger partial charge in [0.05, 0.1) is 24.0 Å². The van der Waals surface area contributed by atoms with Gasteiger partial charge in [-0.2, -0.15) is 5.10 Å². The largest absolute Gasteiger partial charge is 0.477 e. The summed E-state index contributed by atoms with van der Waals surface area (Å²) in [6.07, 6.45) is 3.07. The average molecular weight is 280 g/mol. The van der Waals surface area contributed by atoms with Gasteiger partial charge >= 0.3 is 5.97 Å². The van der Waals surface area contributed by atoms with Crippen molar-refractivity contribution >= 4 is 23.2 Å². The molecule has 2 rings (SSSR count). The predicted molar refractivity (Wildman–Crippen MR) is 68.2 cm³/mol. The topological polar surface area (TPSA) is 97.1 Å². The molecule has 0 aromatic carbocycles. The van der Waals surface area contributed by atoms with Gasteiger partial charge < -0.3 is 10.4 Å². The Labute approximate surface area is 112 Å². The first kappa shape index (κ1) is 13.2. The number of carbonyl (C=O) groups is 2. The maximum atomic E-state index is 11.8. The number of carboxylic acid groups (broad SMARTS) is 1. The maximum Gasteiger partial charge on any atom is 0.347 e. The Hall–Kier alpha value is -2.22. The zero-order chi connectivity index (χ0) is 14.0. The van der Waals surface area contributed by atoms with E-state index in [2.05, 4.69) is 15.4 Å². The normalized spacial score (nSPS) is 10.4. The zero-order valence-corrected chi connectivity index (χ0v) is 11.2. The molecule has 7 nitrogen and oxygen atoms in total. The van der Waals surface area contributed by atoms with Gasteiger partial charge in [-0.05, 0) is 6.92 Å². The number of hydrogen-bond acceptors (Lipinski definition) is 5. The molecule has 8 heteroatoms. The number of aromatic carboxylic acids is 1. The molecule has 100 valence electrons. The lowest BCUT2D eigenvalue weighted by atomic mass is 10.3. The molecular weight excluding hydrogens is 268 g/mol. The number of aromatic nitrogens is 3. The highest BCUT2D eigenvalue weighted by molar-refractivity contribution is 7.13. The molecule has 0 radical (unpaired) electrons. The lowest BCUT2D eigenvalue weighted by Gasteiger charge is -1.99. The molecule has 0 aliphatic carbocycles. The summed E-state index contributed by atoms with van der Waals surface area (Å²) in [6, 6.07) is 0. The van der Waals surface area contributed by atoms with E-state index >= 15 is 0 Å². The van der Waals surface area contributed by atoms with E-state index in [9.17, 15) is 9.59 Å². The van der Waals surface area contributed by atoms with Crippen molar-refractivity contribution in [3.05, 3.63) is 33.5 Å². The summed E-state index contributed by atoms with van der Waals surface area (Å²) < 4.78 is 1.53. The second kappa shape index (κ2) is 5.19. The van der Waals surface area contributed by atoms with E-state index in [0.717, 1.165) is 11.3 Å². The number of aryl methyl sites for hydroxylation is 2. The summed E-state index contributed by atoms with van der Waals surface area (Å²) in [4.78, 5) is 26.9. The van der Waals surface area contributed by atoms with Gasteiger partial charge in [0.2, 0.25) is 0 Å². The van der Waals surface area contributed by atoms with Gasteiger partial charge in [-0.25, -0.2) is 9.78 Å². The van der Waals surface area contributed by atoms with Crippen molar-refractivity contribution < 1.29 is 14.7 Å². The van der Waals surface area contributed by atoms with Crippen molar-refractivity contribution in [2.24, 2.45) is 7.05 Å². The van der Waals surface area contributed by atoms with E-state index in [4.69, 9.17) is 5.11 Å². The van der Waals surface area contributed by atoms with Crippen LogP contribution in [0.15, 0.2) is 12.4 Å². The smallest absolute Gasteiger partial charge is 0.347 e. The molecule has 0 unspecified atom stereocenters. The molecule has 0 bridgehead atoms. The van der Waals surface area contributed by atoms with E-state index in [-0.39, 0.29) is 17.3 Å². The Morgan fingerprint density at radius 1 is 1.53 bits per heavy atom. The zero-order valence-electron chi connectivity index (χ0n) is 10.4. The highest BCUT2D eigenvalue weighted by atomic mass is 32.1. The number of nitrogens with one attached hydrogen (secondary N) is 1. The molecule has 0 aliphatic rings. The van der Waals surface area contributed by atoms with Gasteiger partial charge in [0.15, 0.2) is 0 Å². The van der Waals surface area contributed by atoms with E-state index in [0.29, 0.717) is 16.3 Å². The second-order valence-electron chi connectivity index (χ2n) is 3.91. The molecule has 0 saturated carbocycles. The van der Waals surface area contributed by atoms with Crippen LogP contribution in [0.4, 0.5) is 0 Å². The summed E-state index contributed by atoms with van der Waals surface area (Å²) in [5.41, 5.74) is 0.914. The fraction of sp³-hybridized carbons (Fsp3) is 0.273. The Bertz CT molecular complexity index is 632. The molecular formula is C11H12N4O3S. The lowest BCUT2D eigenvalue weighted by molar-refractivity contribution is 0.0701. The highest BCUT2D eigenvalue weighted by Crippen LogP contribution is 2.17. The summed E-state index contributed by atoms with van der Waals surface area (Å²) in [6.45, 7) is 1.83. The first-order valence-electron chi connectivity index (χ1n) is 5.44. The van der Waals surface area contributed by atoms with Crippen LogP contribution in [-0.4, -0.2) is 31.7 Å². The van der Waals surface area contributed by atoms with Gasteiger partial charge in [-0.15, -0.1) is 11.3 Å². The molecule has 0 fully saturated rings. The number of thiazole rings is 1. The van der Waals surface area contributed by atoms with E-state index in [1.54, 1.807) is 20.2 Å². The maximum absolute atomic E-state index is 11.8. The van der Waals surface area contributed by atoms with Crippen LogP contribution in [0.2, 0.25) is 0 Å². The van der Waals surface area contributed by atoms with Crippen LogP contribution in [0.5, 0.6) is 0 Å². The van der Waals surface area contributed by atoms with Crippen molar-refractivity contribution in [3.8, 4) is 0 Å².